The second kappa shape index (κ2) is 10.3. The third kappa shape index (κ3) is 5.30. The normalized spacial score (nSPS) is 18.4. The van der Waals surface area contributed by atoms with Crippen LogP contribution in [0.25, 0.3) is 0 Å². The molecule has 0 saturated carbocycles. The Morgan fingerprint density at radius 2 is 1.64 bits per heavy atom. The Kier molecular flexibility index (Phi) is 7.48. The van der Waals surface area contributed by atoms with Gasteiger partial charge in [0.1, 0.15) is 0 Å². The summed E-state index contributed by atoms with van der Waals surface area (Å²) < 4.78 is 33.4. The van der Waals surface area contributed by atoms with Gasteiger partial charge in [0.2, 0.25) is 10.0 Å². The molecule has 178 valence electrons. The van der Waals surface area contributed by atoms with E-state index >= 15 is 0 Å². The molecule has 0 bridgehead atoms. The van der Waals surface area contributed by atoms with Crippen molar-refractivity contribution in [3.8, 4) is 0 Å². The van der Waals surface area contributed by atoms with Crippen LogP contribution in [0.5, 0.6) is 0 Å². The van der Waals surface area contributed by atoms with E-state index in [9.17, 15) is 13.2 Å². The number of morpholine rings is 1. The van der Waals surface area contributed by atoms with Gasteiger partial charge < -0.3 is 9.64 Å². The molecule has 7 nitrogen and oxygen atoms in total. The van der Waals surface area contributed by atoms with Crippen LogP contribution in [0.1, 0.15) is 34.0 Å². The lowest BCUT2D eigenvalue weighted by molar-refractivity contribution is 0.0627. The third-order valence-corrected chi connectivity index (χ3v) is 8.58. The van der Waals surface area contributed by atoms with Gasteiger partial charge >= 0.3 is 0 Å². The number of rotatable bonds is 6. The minimum Gasteiger partial charge on any atom is -0.379 e. The number of hydrogen-bond donors (Lipinski definition) is 0. The van der Waals surface area contributed by atoms with Crippen LogP contribution >= 0.6 is 0 Å². The van der Waals surface area contributed by atoms with Gasteiger partial charge in [-0.05, 0) is 42.2 Å². The van der Waals surface area contributed by atoms with E-state index in [1.165, 1.54) is 15.4 Å². The molecular formula is C25H33N3O4S. The maximum Gasteiger partial charge on any atom is 0.253 e. The highest BCUT2D eigenvalue weighted by Gasteiger charge is 2.30. The first-order valence-electron chi connectivity index (χ1n) is 11.7. The van der Waals surface area contributed by atoms with E-state index in [0.717, 1.165) is 25.2 Å². The zero-order valence-corrected chi connectivity index (χ0v) is 20.3. The van der Waals surface area contributed by atoms with Gasteiger partial charge in [0.25, 0.3) is 5.91 Å². The summed E-state index contributed by atoms with van der Waals surface area (Å²) in [4.78, 5) is 17.7. The molecule has 0 spiro atoms. The van der Waals surface area contributed by atoms with Gasteiger partial charge in [-0.3, -0.25) is 9.69 Å². The van der Waals surface area contributed by atoms with E-state index in [1.807, 2.05) is 17.9 Å². The van der Waals surface area contributed by atoms with Gasteiger partial charge in [-0.2, -0.15) is 4.31 Å². The van der Waals surface area contributed by atoms with E-state index in [-0.39, 0.29) is 10.8 Å². The van der Waals surface area contributed by atoms with Gasteiger partial charge in [0.15, 0.2) is 0 Å². The Morgan fingerprint density at radius 3 is 2.30 bits per heavy atom. The van der Waals surface area contributed by atoms with Crippen LogP contribution in [0.3, 0.4) is 0 Å². The van der Waals surface area contributed by atoms with Crippen LogP contribution < -0.4 is 0 Å². The molecule has 0 radical (unpaired) electrons. The second-order valence-electron chi connectivity index (χ2n) is 8.69. The fourth-order valence-corrected chi connectivity index (χ4v) is 6.19. The van der Waals surface area contributed by atoms with Crippen molar-refractivity contribution >= 4 is 15.9 Å². The van der Waals surface area contributed by atoms with Crippen molar-refractivity contribution in [2.75, 3.05) is 52.5 Å². The fraction of sp³-hybridized carbons (Fsp3) is 0.480. The molecule has 4 rings (SSSR count). The summed E-state index contributed by atoms with van der Waals surface area (Å²) >= 11 is 0. The topological polar surface area (TPSA) is 70.2 Å². The average molecular weight is 472 g/mol. The molecular weight excluding hydrogens is 438 g/mol. The molecule has 2 aliphatic rings. The summed E-state index contributed by atoms with van der Waals surface area (Å²) in [6.07, 6.45) is 0.588. The first-order chi connectivity index (χ1) is 15.9. The fourth-order valence-electron chi connectivity index (χ4n) is 4.47. The molecule has 2 aliphatic heterocycles. The van der Waals surface area contributed by atoms with E-state index in [0.29, 0.717) is 51.4 Å². The molecule has 0 aliphatic carbocycles. The van der Waals surface area contributed by atoms with E-state index in [4.69, 9.17) is 4.74 Å². The van der Waals surface area contributed by atoms with Crippen LogP contribution in [0, 0.1) is 6.92 Å². The van der Waals surface area contributed by atoms with Crippen LogP contribution in [0.15, 0.2) is 47.4 Å². The first-order valence-corrected chi connectivity index (χ1v) is 13.1. The minimum atomic E-state index is -3.66. The number of carbonyl (C=O) groups excluding carboxylic acids is 1. The summed E-state index contributed by atoms with van der Waals surface area (Å²) in [6.45, 7) is 9.26. The highest BCUT2D eigenvalue weighted by molar-refractivity contribution is 7.89. The van der Waals surface area contributed by atoms with Crippen molar-refractivity contribution in [1.29, 1.82) is 0 Å². The third-order valence-electron chi connectivity index (χ3n) is 6.60. The number of aryl methyl sites for hydroxylation is 2. The average Bonchev–Trinajstić information content (AvgIpc) is 2.85. The Bertz CT molecular complexity index is 1090. The van der Waals surface area contributed by atoms with Crippen LogP contribution in [-0.2, 0) is 27.7 Å². The van der Waals surface area contributed by atoms with Crippen LogP contribution in [-0.4, -0.2) is 80.9 Å². The smallest absolute Gasteiger partial charge is 0.253 e. The molecule has 0 N–H and O–H groups in total. The number of amides is 1. The Hall–Kier alpha value is -2.26. The highest BCUT2D eigenvalue weighted by atomic mass is 32.2. The van der Waals surface area contributed by atoms with E-state index in [1.54, 1.807) is 18.2 Å². The summed E-state index contributed by atoms with van der Waals surface area (Å²) in [5.74, 6) is -0.105. The van der Waals surface area contributed by atoms with E-state index < -0.39 is 10.0 Å². The number of nitrogens with zero attached hydrogens (tertiary/aromatic N) is 3. The zero-order chi connectivity index (χ0) is 23.4. The number of sulfonamides is 1. The lowest BCUT2D eigenvalue weighted by Crippen LogP contribution is -2.48. The van der Waals surface area contributed by atoms with Crippen molar-refractivity contribution in [1.82, 2.24) is 14.1 Å². The molecule has 2 aromatic rings. The lowest BCUT2D eigenvalue weighted by atomic mass is 10.1. The molecule has 2 heterocycles. The molecule has 33 heavy (non-hydrogen) atoms. The predicted octanol–water partition coefficient (Wildman–Crippen LogP) is 2.54. The number of piperazine rings is 1. The lowest BCUT2D eigenvalue weighted by Gasteiger charge is -2.35. The Balaban J connectivity index is 1.46. The molecule has 1 amide bonds. The van der Waals surface area contributed by atoms with Crippen LogP contribution in [0.4, 0.5) is 0 Å². The van der Waals surface area contributed by atoms with Crippen molar-refractivity contribution < 1.29 is 17.9 Å². The number of benzene rings is 2. The van der Waals surface area contributed by atoms with Crippen molar-refractivity contribution in [2.45, 2.75) is 31.7 Å². The van der Waals surface area contributed by atoms with Crippen molar-refractivity contribution in [2.24, 2.45) is 0 Å². The van der Waals surface area contributed by atoms with Gasteiger partial charge in [-0.15, -0.1) is 0 Å². The van der Waals surface area contributed by atoms with E-state index in [2.05, 4.69) is 30.0 Å². The molecule has 2 saturated heterocycles. The molecule has 2 aromatic carbocycles. The Morgan fingerprint density at radius 1 is 0.939 bits per heavy atom. The maximum atomic E-state index is 13.3. The molecule has 0 aromatic heterocycles. The maximum absolute atomic E-state index is 13.3. The highest BCUT2D eigenvalue weighted by Crippen LogP contribution is 2.24. The number of hydrogen-bond acceptors (Lipinski definition) is 5. The largest absolute Gasteiger partial charge is 0.379 e. The summed E-state index contributed by atoms with van der Waals surface area (Å²) in [5.41, 5.74) is 3.76. The van der Waals surface area contributed by atoms with Gasteiger partial charge in [0, 0.05) is 51.4 Å². The minimum absolute atomic E-state index is 0.105. The summed E-state index contributed by atoms with van der Waals surface area (Å²) in [6, 6.07) is 13.5. The van der Waals surface area contributed by atoms with Crippen molar-refractivity contribution in [3.63, 3.8) is 0 Å². The summed E-state index contributed by atoms with van der Waals surface area (Å²) in [7, 11) is -3.66. The molecule has 0 atom stereocenters. The quantitative estimate of drug-likeness (QED) is 0.648. The zero-order valence-electron chi connectivity index (χ0n) is 19.5. The first kappa shape index (κ1) is 23.9. The monoisotopic (exact) mass is 471 g/mol. The Labute approximate surface area is 197 Å². The van der Waals surface area contributed by atoms with Gasteiger partial charge in [0.05, 0.1) is 18.1 Å². The standard InChI is InChI=1S/C25H33N3O4S/c1-3-21-8-9-22(18-24(21)33(30,31)28-14-16-32-17-15-28)25(29)27-12-10-26(11-13-27)19-23-7-5-4-6-20(23)2/h4-9,18H,3,10-17,19H2,1-2H3. The number of carbonyl (C=O) groups is 1. The SMILES string of the molecule is CCc1ccc(C(=O)N2CCN(Cc3ccccc3C)CC2)cc1S(=O)(=O)N1CCOCC1. The van der Waals surface area contributed by atoms with Crippen LogP contribution in [0.2, 0.25) is 0 Å². The second-order valence-corrected chi connectivity index (χ2v) is 10.6. The molecule has 8 heteroatoms. The predicted molar refractivity (Wildman–Crippen MR) is 128 cm³/mol. The molecule has 2 fully saturated rings. The van der Waals surface area contributed by atoms with Crippen molar-refractivity contribution in [3.05, 3.63) is 64.7 Å². The number of ether oxygens (including phenoxy) is 1. The van der Waals surface area contributed by atoms with Gasteiger partial charge in [-0.25, -0.2) is 8.42 Å². The van der Waals surface area contributed by atoms with Gasteiger partial charge in [-0.1, -0.05) is 37.3 Å². The summed E-state index contributed by atoms with van der Waals surface area (Å²) in [5, 5.41) is 0. The molecule has 0 unspecified atom stereocenters.